The molecule has 2 atom stereocenters. The molecule has 0 N–H and O–H groups in total. The van der Waals surface area contributed by atoms with E-state index in [4.69, 9.17) is 19.0 Å². The lowest BCUT2D eigenvalue weighted by molar-refractivity contribution is -0.156. The molecular weight excluding hydrogens is 527 g/mol. The van der Waals surface area contributed by atoms with Crippen molar-refractivity contribution in [3.05, 3.63) is 63.2 Å². The van der Waals surface area contributed by atoms with E-state index in [0.717, 1.165) is 55.8 Å². The molecule has 2 aromatic carbocycles. The van der Waals surface area contributed by atoms with Gasteiger partial charge in [-0.2, -0.15) is 18.4 Å². The SMILES string of the molecule is COc1c(C#N)ccc(CCN2CCN3C[C@@H](c4ccc5c(c4C)COC5=O)OC[C@@H]3C2)c1C.O=CC(F)(F)F. The number of hydrogen-bond acceptors (Lipinski definition) is 8. The number of esters is 1. The number of cyclic esters (lactones) is 1. The first kappa shape index (κ1) is 29.5. The van der Waals surface area contributed by atoms with E-state index in [2.05, 4.69) is 28.9 Å². The van der Waals surface area contributed by atoms with Gasteiger partial charge in [0.2, 0.25) is 6.29 Å². The maximum Gasteiger partial charge on any atom is 0.446 e. The van der Waals surface area contributed by atoms with Crippen molar-refractivity contribution in [2.24, 2.45) is 0 Å². The first-order valence-corrected chi connectivity index (χ1v) is 13.0. The van der Waals surface area contributed by atoms with E-state index in [9.17, 15) is 23.2 Å². The predicted octanol–water partition coefficient (Wildman–Crippen LogP) is 3.90. The van der Waals surface area contributed by atoms with Crippen molar-refractivity contribution in [1.29, 1.82) is 5.26 Å². The highest BCUT2D eigenvalue weighted by Gasteiger charge is 2.35. The number of fused-ring (bicyclic) bond motifs is 2. The van der Waals surface area contributed by atoms with Gasteiger partial charge in [-0.05, 0) is 54.7 Å². The lowest BCUT2D eigenvalue weighted by Gasteiger charge is -2.46. The van der Waals surface area contributed by atoms with E-state index >= 15 is 0 Å². The lowest BCUT2D eigenvalue weighted by atomic mass is 9.94. The molecular formula is C29H32F3N3O5. The molecule has 40 heavy (non-hydrogen) atoms. The fourth-order valence-corrected chi connectivity index (χ4v) is 5.59. The Labute approximate surface area is 231 Å². The minimum absolute atomic E-state index is 0.0255. The van der Waals surface area contributed by atoms with E-state index in [1.165, 1.54) is 11.1 Å². The van der Waals surface area contributed by atoms with Crippen molar-refractivity contribution in [2.75, 3.05) is 46.4 Å². The summed E-state index contributed by atoms with van der Waals surface area (Å²) in [5.41, 5.74) is 6.87. The van der Waals surface area contributed by atoms with E-state index < -0.39 is 12.5 Å². The lowest BCUT2D eigenvalue weighted by Crippen LogP contribution is -2.58. The molecule has 3 aliphatic rings. The van der Waals surface area contributed by atoms with Crippen LogP contribution < -0.4 is 4.74 Å². The molecule has 0 radical (unpaired) electrons. The third kappa shape index (κ3) is 6.46. The number of carbonyl (C=O) groups excluding carboxylic acids is 2. The number of nitrogens with zero attached hydrogens (tertiary/aromatic N) is 3. The van der Waals surface area contributed by atoms with Crippen LogP contribution in [0.25, 0.3) is 0 Å². The van der Waals surface area contributed by atoms with Crippen LogP contribution in [0.5, 0.6) is 5.75 Å². The molecule has 0 bridgehead atoms. The normalized spacial score (nSPS) is 20.9. The zero-order valence-electron chi connectivity index (χ0n) is 22.7. The van der Waals surface area contributed by atoms with Crippen LogP contribution in [0.4, 0.5) is 13.2 Å². The molecule has 3 aliphatic heterocycles. The number of piperazine rings is 1. The summed E-state index contributed by atoms with van der Waals surface area (Å²) in [6, 6.07) is 10.4. The molecule has 2 fully saturated rings. The third-order valence-electron chi connectivity index (χ3n) is 7.81. The van der Waals surface area contributed by atoms with Gasteiger partial charge in [0.15, 0.2) is 0 Å². The van der Waals surface area contributed by atoms with Crippen molar-refractivity contribution in [2.45, 2.75) is 45.2 Å². The van der Waals surface area contributed by atoms with Gasteiger partial charge in [0.05, 0.1) is 30.9 Å². The van der Waals surface area contributed by atoms with Crippen LogP contribution in [0, 0.1) is 25.2 Å². The number of hydrogen-bond donors (Lipinski definition) is 0. The predicted molar refractivity (Wildman–Crippen MR) is 139 cm³/mol. The zero-order valence-corrected chi connectivity index (χ0v) is 22.7. The van der Waals surface area contributed by atoms with Crippen LogP contribution in [0.3, 0.4) is 0 Å². The summed E-state index contributed by atoms with van der Waals surface area (Å²) in [7, 11) is 1.63. The summed E-state index contributed by atoms with van der Waals surface area (Å²) in [5, 5.41) is 9.29. The smallest absolute Gasteiger partial charge is 0.446 e. The molecule has 0 unspecified atom stereocenters. The van der Waals surface area contributed by atoms with Gasteiger partial charge in [0.25, 0.3) is 0 Å². The second kappa shape index (κ2) is 12.4. The van der Waals surface area contributed by atoms with Crippen molar-refractivity contribution in [3.63, 3.8) is 0 Å². The molecule has 3 heterocycles. The van der Waals surface area contributed by atoms with Crippen LogP contribution in [-0.2, 0) is 27.3 Å². The molecule has 8 nitrogen and oxygen atoms in total. The Balaban J connectivity index is 0.000000557. The molecule has 2 saturated heterocycles. The van der Waals surface area contributed by atoms with Crippen LogP contribution in [-0.4, -0.2) is 80.7 Å². The Bertz CT molecular complexity index is 1310. The molecule has 0 saturated carbocycles. The Morgan fingerprint density at radius 2 is 1.90 bits per heavy atom. The minimum Gasteiger partial charge on any atom is -0.495 e. The van der Waals surface area contributed by atoms with E-state index in [1.807, 2.05) is 25.1 Å². The van der Waals surface area contributed by atoms with Gasteiger partial charge >= 0.3 is 12.1 Å². The first-order chi connectivity index (χ1) is 19.1. The van der Waals surface area contributed by atoms with Crippen molar-refractivity contribution >= 4 is 12.3 Å². The molecule has 2 aromatic rings. The summed E-state index contributed by atoms with van der Waals surface area (Å²) in [6.07, 6.45) is -4.75. The quantitative estimate of drug-likeness (QED) is 0.403. The first-order valence-electron chi connectivity index (χ1n) is 13.0. The number of nitriles is 1. The van der Waals surface area contributed by atoms with Crippen molar-refractivity contribution < 1.29 is 37.0 Å². The number of carbonyl (C=O) groups is 2. The number of alkyl halides is 3. The topological polar surface area (TPSA) is 92.1 Å². The van der Waals surface area contributed by atoms with Gasteiger partial charge < -0.3 is 19.1 Å². The molecule has 0 spiro atoms. The molecule has 11 heteroatoms. The molecule has 0 aliphatic carbocycles. The van der Waals surface area contributed by atoms with Crippen LogP contribution in [0.15, 0.2) is 24.3 Å². The Kier molecular flexibility index (Phi) is 9.13. The summed E-state index contributed by atoms with van der Waals surface area (Å²) in [4.78, 5) is 25.6. The van der Waals surface area contributed by atoms with E-state index in [0.29, 0.717) is 36.1 Å². The second-order valence-electron chi connectivity index (χ2n) is 10.1. The number of benzene rings is 2. The van der Waals surface area contributed by atoms with Crippen molar-refractivity contribution in [1.82, 2.24) is 9.80 Å². The standard InChI is InChI=1S/C27H31N3O4.C2HF3O/c1-17-19(4-5-20(12-28)26(17)32-3)8-9-29-10-11-30-14-25(33-15-21(30)13-29)22-6-7-23-24(18(22)2)16-34-27(23)31;3-2(4,5)1-6/h4-7,21,25H,8-11,13-16H2,1-3H3;1H/t21-,25-;/m0./s1. The number of aldehydes is 1. The highest BCUT2D eigenvalue weighted by atomic mass is 19.4. The largest absolute Gasteiger partial charge is 0.495 e. The van der Waals surface area contributed by atoms with Gasteiger partial charge in [-0.3, -0.25) is 9.69 Å². The Morgan fingerprint density at radius 1 is 1.15 bits per heavy atom. The highest BCUT2D eigenvalue weighted by Crippen LogP contribution is 2.34. The molecule has 214 valence electrons. The summed E-state index contributed by atoms with van der Waals surface area (Å²) in [5.74, 6) is 0.467. The van der Waals surface area contributed by atoms with E-state index in [1.54, 1.807) is 7.11 Å². The maximum absolute atomic E-state index is 11.9. The molecule has 0 amide bonds. The average molecular weight is 560 g/mol. The average Bonchev–Trinajstić information content (AvgIpc) is 3.33. The Hall–Kier alpha value is -3.46. The monoisotopic (exact) mass is 559 g/mol. The van der Waals surface area contributed by atoms with Crippen LogP contribution >= 0.6 is 0 Å². The zero-order chi connectivity index (χ0) is 29.0. The minimum atomic E-state index is -4.64. The van der Waals surface area contributed by atoms with Gasteiger partial charge in [-0.15, -0.1) is 0 Å². The molecule has 0 aromatic heterocycles. The van der Waals surface area contributed by atoms with E-state index in [-0.39, 0.29) is 12.1 Å². The Morgan fingerprint density at radius 3 is 2.58 bits per heavy atom. The number of rotatable bonds is 5. The number of methoxy groups -OCH3 is 1. The van der Waals surface area contributed by atoms with Gasteiger partial charge in [0, 0.05) is 44.3 Å². The van der Waals surface area contributed by atoms with Gasteiger partial charge in [-0.1, -0.05) is 12.1 Å². The summed E-state index contributed by atoms with van der Waals surface area (Å²) in [6.45, 7) is 10.1. The van der Waals surface area contributed by atoms with Gasteiger partial charge in [0.1, 0.15) is 18.4 Å². The summed E-state index contributed by atoms with van der Waals surface area (Å²) < 4.78 is 48.3. The fourth-order valence-electron chi connectivity index (χ4n) is 5.59. The maximum atomic E-state index is 11.9. The van der Waals surface area contributed by atoms with Crippen LogP contribution in [0.2, 0.25) is 0 Å². The van der Waals surface area contributed by atoms with Crippen molar-refractivity contribution in [3.8, 4) is 11.8 Å². The van der Waals surface area contributed by atoms with Gasteiger partial charge in [-0.25, -0.2) is 4.79 Å². The fraction of sp³-hybridized carbons (Fsp3) is 0.483. The molecule has 5 rings (SSSR count). The number of ether oxygens (including phenoxy) is 3. The second-order valence-corrected chi connectivity index (χ2v) is 10.1. The summed E-state index contributed by atoms with van der Waals surface area (Å²) >= 11 is 0. The van der Waals surface area contributed by atoms with Crippen LogP contribution in [0.1, 0.15) is 49.8 Å². The highest BCUT2D eigenvalue weighted by molar-refractivity contribution is 5.94. The number of halogens is 3. The number of morpholine rings is 1. The third-order valence-corrected chi connectivity index (χ3v) is 7.81.